The van der Waals surface area contributed by atoms with Gasteiger partial charge in [0.2, 0.25) is 5.91 Å². The van der Waals surface area contributed by atoms with Crippen LogP contribution in [-0.2, 0) is 14.3 Å². The number of carboxylic acids is 1. The van der Waals surface area contributed by atoms with Gasteiger partial charge in [-0.2, -0.15) is 0 Å². The number of alkyl halides is 2. The highest BCUT2D eigenvalue weighted by molar-refractivity contribution is 5.90. The van der Waals surface area contributed by atoms with E-state index in [-0.39, 0.29) is 12.5 Å². The third kappa shape index (κ3) is 4.02. The number of amides is 2. The molecular weight excluding hydrogens is 458 g/mol. The van der Waals surface area contributed by atoms with E-state index in [1.165, 1.54) is 0 Å². The lowest BCUT2D eigenvalue weighted by molar-refractivity contribution is -0.141. The molecule has 0 spiro atoms. The summed E-state index contributed by atoms with van der Waals surface area (Å²) in [6.07, 6.45) is 1.34. The van der Waals surface area contributed by atoms with Crippen molar-refractivity contribution in [3.05, 3.63) is 59.7 Å². The number of hydrogen-bond donors (Lipinski definition) is 3. The number of carbonyl (C=O) groups excluding carboxylic acids is 2. The summed E-state index contributed by atoms with van der Waals surface area (Å²) in [4.78, 5) is 36.7. The van der Waals surface area contributed by atoms with E-state index in [1.807, 2.05) is 48.5 Å². The zero-order chi connectivity index (χ0) is 24.8. The molecule has 2 fully saturated rings. The van der Waals surface area contributed by atoms with Gasteiger partial charge in [0, 0.05) is 12.5 Å². The molecule has 2 aromatic carbocycles. The average Bonchev–Trinajstić information content (AvgIpc) is 3.13. The van der Waals surface area contributed by atoms with E-state index in [1.54, 1.807) is 0 Å². The number of carbonyl (C=O) groups is 3. The lowest BCUT2D eigenvalue weighted by Gasteiger charge is -2.29. The van der Waals surface area contributed by atoms with Gasteiger partial charge in [-0.25, -0.2) is 13.6 Å². The minimum absolute atomic E-state index is 0.0894. The number of alkyl carbamates (subject to hydrolysis) is 1. The Balaban J connectivity index is 1.22. The van der Waals surface area contributed by atoms with Gasteiger partial charge in [0.1, 0.15) is 18.1 Å². The van der Waals surface area contributed by atoms with Crippen molar-refractivity contribution in [2.45, 2.75) is 43.1 Å². The number of benzene rings is 2. The molecule has 5 rings (SSSR count). The Hall–Kier alpha value is -3.49. The van der Waals surface area contributed by atoms with E-state index < -0.39 is 47.8 Å². The lowest BCUT2D eigenvalue weighted by atomic mass is 9.96. The maximum atomic E-state index is 13.7. The monoisotopic (exact) mass is 484 g/mol. The summed E-state index contributed by atoms with van der Waals surface area (Å²) in [6, 6.07) is 15.9. The Kier molecular flexibility index (Phi) is 5.73. The SMILES string of the molecule is O=C(NC1(C(=O)NCC2C(C(=O)O)C2(F)F)CCCC1)OCC1c2ccccc2-c2ccccc21. The molecule has 3 aliphatic rings. The molecule has 2 aromatic rings. The van der Waals surface area contributed by atoms with Crippen LogP contribution in [0.5, 0.6) is 0 Å². The van der Waals surface area contributed by atoms with Crippen LogP contribution in [-0.4, -0.2) is 47.7 Å². The third-order valence-electron chi connectivity index (χ3n) is 7.53. The normalized spacial score (nSPS) is 23.1. The number of rotatable bonds is 7. The molecule has 0 heterocycles. The molecule has 3 N–H and O–H groups in total. The molecule has 35 heavy (non-hydrogen) atoms. The second-order valence-corrected chi connectivity index (χ2v) is 9.55. The van der Waals surface area contributed by atoms with Gasteiger partial charge in [0.25, 0.3) is 5.92 Å². The molecule has 184 valence electrons. The van der Waals surface area contributed by atoms with Gasteiger partial charge in [-0.05, 0) is 35.1 Å². The van der Waals surface area contributed by atoms with Crippen LogP contribution in [0.15, 0.2) is 48.5 Å². The summed E-state index contributed by atoms with van der Waals surface area (Å²) in [6.45, 7) is -0.372. The first-order valence-electron chi connectivity index (χ1n) is 11.8. The highest BCUT2D eigenvalue weighted by atomic mass is 19.3. The van der Waals surface area contributed by atoms with Crippen molar-refractivity contribution >= 4 is 18.0 Å². The fourth-order valence-electron chi connectivity index (χ4n) is 5.57. The van der Waals surface area contributed by atoms with Crippen molar-refractivity contribution in [3.63, 3.8) is 0 Å². The zero-order valence-electron chi connectivity index (χ0n) is 18.9. The molecule has 7 nitrogen and oxygen atoms in total. The van der Waals surface area contributed by atoms with E-state index in [0.29, 0.717) is 25.7 Å². The summed E-state index contributed by atoms with van der Waals surface area (Å²) < 4.78 is 32.9. The summed E-state index contributed by atoms with van der Waals surface area (Å²) in [5.74, 6) is -8.89. The van der Waals surface area contributed by atoms with E-state index in [2.05, 4.69) is 10.6 Å². The summed E-state index contributed by atoms with van der Waals surface area (Å²) in [7, 11) is 0. The van der Waals surface area contributed by atoms with Crippen LogP contribution >= 0.6 is 0 Å². The number of carboxylic acid groups (broad SMARTS) is 1. The van der Waals surface area contributed by atoms with Crippen LogP contribution in [0.25, 0.3) is 11.1 Å². The number of aliphatic carboxylic acids is 1. The Morgan fingerprint density at radius 2 is 1.54 bits per heavy atom. The topological polar surface area (TPSA) is 105 Å². The summed E-state index contributed by atoms with van der Waals surface area (Å²) in [5.41, 5.74) is 3.06. The molecular formula is C26H26F2N2O5. The minimum Gasteiger partial charge on any atom is -0.481 e. The number of fused-ring (bicyclic) bond motifs is 3. The van der Waals surface area contributed by atoms with Gasteiger partial charge in [-0.3, -0.25) is 9.59 Å². The number of halogens is 2. The van der Waals surface area contributed by atoms with Crippen molar-refractivity contribution in [2.75, 3.05) is 13.2 Å². The summed E-state index contributed by atoms with van der Waals surface area (Å²) >= 11 is 0. The van der Waals surface area contributed by atoms with Gasteiger partial charge in [-0.1, -0.05) is 61.4 Å². The third-order valence-corrected chi connectivity index (χ3v) is 7.53. The summed E-state index contributed by atoms with van der Waals surface area (Å²) in [5, 5.41) is 14.0. The van der Waals surface area contributed by atoms with Gasteiger partial charge in [0.05, 0.1) is 5.92 Å². The quantitative estimate of drug-likeness (QED) is 0.553. The largest absolute Gasteiger partial charge is 0.481 e. The van der Waals surface area contributed by atoms with E-state index in [0.717, 1.165) is 22.3 Å². The first kappa shape index (κ1) is 23.3. The number of ether oxygens (including phenoxy) is 1. The van der Waals surface area contributed by atoms with Gasteiger partial charge < -0.3 is 20.5 Å². The Morgan fingerprint density at radius 1 is 0.971 bits per heavy atom. The number of nitrogens with one attached hydrogen (secondary N) is 2. The Labute approximate surface area is 200 Å². The maximum Gasteiger partial charge on any atom is 0.408 e. The lowest BCUT2D eigenvalue weighted by Crippen LogP contribution is -2.57. The van der Waals surface area contributed by atoms with E-state index in [4.69, 9.17) is 9.84 Å². The molecule has 2 saturated carbocycles. The molecule has 2 unspecified atom stereocenters. The molecule has 2 atom stereocenters. The minimum atomic E-state index is -3.35. The fraction of sp³-hybridized carbons (Fsp3) is 0.423. The Morgan fingerprint density at radius 3 is 2.09 bits per heavy atom. The molecule has 0 saturated heterocycles. The first-order valence-corrected chi connectivity index (χ1v) is 11.8. The highest BCUT2D eigenvalue weighted by Gasteiger charge is 2.72. The van der Waals surface area contributed by atoms with Crippen LogP contribution < -0.4 is 10.6 Å². The molecule has 9 heteroatoms. The molecule has 3 aliphatic carbocycles. The first-order chi connectivity index (χ1) is 16.7. The van der Waals surface area contributed by atoms with Crippen molar-refractivity contribution in [1.82, 2.24) is 10.6 Å². The second-order valence-electron chi connectivity index (χ2n) is 9.55. The second kappa shape index (κ2) is 8.62. The highest BCUT2D eigenvalue weighted by Crippen LogP contribution is 2.55. The van der Waals surface area contributed by atoms with E-state index in [9.17, 15) is 23.2 Å². The predicted molar refractivity (Wildman–Crippen MR) is 122 cm³/mol. The van der Waals surface area contributed by atoms with Crippen LogP contribution in [0.4, 0.5) is 13.6 Å². The van der Waals surface area contributed by atoms with Crippen molar-refractivity contribution in [1.29, 1.82) is 0 Å². The standard InChI is InChI=1S/C26H26F2N2O5/c27-26(28)20(21(26)22(31)32)13-29-23(33)25(11-5-6-12-25)30-24(34)35-14-19-17-9-3-1-7-15(17)16-8-2-4-10-18(16)19/h1-4,7-10,19-21H,5-6,11-14H2,(H,29,33)(H,30,34)(H,31,32). The average molecular weight is 484 g/mol. The molecule has 0 aromatic heterocycles. The fourth-order valence-corrected chi connectivity index (χ4v) is 5.57. The Bertz CT molecular complexity index is 1130. The van der Waals surface area contributed by atoms with Crippen LogP contribution in [0.2, 0.25) is 0 Å². The van der Waals surface area contributed by atoms with Gasteiger partial charge >= 0.3 is 12.1 Å². The van der Waals surface area contributed by atoms with Crippen LogP contribution in [0, 0.1) is 11.8 Å². The van der Waals surface area contributed by atoms with Gasteiger partial charge in [-0.15, -0.1) is 0 Å². The molecule has 0 bridgehead atoms. The predicted octanol–water partition coefficient (Wildman–Crippen LogP) is 3.92. The smallest absolute Gasteiger partial charge is 0.408 e. The molecule has 0 aliphatic heterocycles. The van der Waals surface area contributed by atoms with Crippen molar-refractivity contribution in [2.24, 2.45) is 11.8 Å². The zero-order valence-corrected chi connectivity index (χ0v) is 18.9. The van der Waals surface area contributed by atoms with Crippen LogP contribution in [0.3, 0.4) is 0 Å². The molecule has 0 radical (unpaired) electrons. The van der Waals surface area contributed by atoms with Crippen molar-refractivity contribution < 1.29 is 33.0 Å². The van der Waals surface area contributed by atoms with Crippen molar-refractivity contribution in [3.8, 4) is 11.1 Å². The molecule has 2 amide bonds. The van der Waals surface area contributed by atoms with E-state index >= 15 is 0 Å². The van der Waals surface area contributed by atoms with Crippen LogP contribution in [0.1, 0.15) is 42.7 Å². The number of hydrogen-bond acceptors (Lipinski definition) is 4. The van der Waals surface area contributed by atoms with Gasteiger partial charge in [0.15, 0.2) is 0 Å². The maximum absolute atomic E-state index is 13.7.